The molecule has 2 saturated heterocycles. The van der Waals surface area contributed by atoms with Crippen molar-refractivity contribution in [1.29, 1.82) is 0 Å². The first-order valence-electron chi connectivity index (χ1n) is 30.9. The molecule has 0 spiro atoms. The van der Waals surface area contributed by atoms with E-state index in [-0.39, 0.29) is 23.8 Å². The number of fused-ring (bicyclic) bond motifs is 3. The van der Waals surface area contributed by atoms with Crippen LogP contribution >= 0.6 is 10.7 Å². The quantitative estimate of drug-likeness (QED) is 0.0490. The van der Waals surface area contributed by atoms with Gasteiger partial charge in [0.2, 0.25) is 0 Å². The Balaban J connectivity index is 0.000000141. The van der Waals surface area contributed by atoms with Crippen LogP contribution in [0.25, 0.3) is 52.2 Å². The van der Waals surface area contributed by atoms with E-state index in [1.165, 1.54) is 6.42 Å². The third-order valence-electron chi connectivity index (χ3n) is 15.4. The van der Waals surface area contributed by atoms with Gasteiger partial charge in [0.1, 0.15) is 34.9 Å². The number of rotatable bonds is 15. The number of anilines is 3. The van der Waals surface area contributed by atoms with Gasteiger partial charge in [0, 0.05) is 94.1 Å². The smallest absolute Gasteiger partial charge is 0.262 e. The fraction of sp³-hybridized carbons (Fsp3) is 0.155. The minimum Gasteiger partial charge on any atom is -0.399 e. The summed E-state index contributed by atoms with van der Waals surface area (Å²) in [5.41, 5.74) is 15.4. The third kappa shape index (κ3) is 18.5. The number of allylic oxidation sites excluding steroid dienone is 1. The Bertz CT molecular complexity index is 5200. The van der Waals surface area contributed by atoms with Crippen LogP contribution in [0, 0.1) is 34.9 Å². The molecule has 4 N–H and O–H groups in total. The van der Waals surface area contributed by atoms with Gasteiger partial charge in [-0.2, -0.15) is 10.2 Å². The number of nitrogens with one attached hydrogen (secondary N) is 2. The molecular weight excluding hydrogens is 1380 g/mol. The van der Waals surface area contributed by atoms with Gasteiger partial charge in [-0.3, -0.25) is 29.4 Å². The van der Waals surface area contributed by atoms with Crippen molar-refractivity contribution >= 4 is 115 Å². The summed E-state index contributed by atoms with van der Waals surface area (Å²) >= 11 is 0. The lowest BCUT2D eigenvalue weighted by atomic mass is 10.0. The van der Waals surface area contributed by atoms with Crippen LogP contribution < -0.4 is 15.2 Å². The molecule has 2 atom stereocenters. The number of ether oxygens (including phenoxy) is 2. The van der Waals surface area contributed by atoms with E-state index in [0.717, 1.165) is 119 Å². The molecule has 11 aromatic rings. The second-order valence-corrected chi connectivity index (χ2v) is 28.5. The van der Waals surface area contributed by atoms with Crippen molar-refractivity contribution in [3.8, 4) is 0 Å². The molecule has 0 aliphatic carbocycles. The van der Waals surface area contributed by atoms with E-state index in [1.807, 2.05) is 119 Å². The maximum atomic E-state index is 13.6. The summed E-state index contributed by atoms with van der Waals surface area (Å²) in [7, 11) is -7.58. The lowest BCUT2D eigenvalue weighted by Gasteiger charge is -2.23. The van der Waals surface area contributed by atoms with Gasteiger partial charge in [-0.15, -0.1) is 0 Å². The summed E-state index contributed by atoms with van der Waals surface area (Å²) in [4.78, 5) is 15.7. The van der Waals surface area contributed by atoms with Crippen LogP contribution in [0.1, 0.15) is 90.6 Å². The van der Waals surface area contributed by atoms with Gasteiger partial charge >= 0.3 is 0 Å². The third-order valence-corrected chi connectivity index (χ3v) is 19.4. The first-order chi connectivity index (χ1) is 48.0. The van der Waals surface area contributed by atoms with Crippen LogP contribution in [-0.2, 0) is 45.1 Å². The van der Waals surface area contributed by atoms with Crippen molar-refractivity contribution in [3.05, 3.63) is 263 Å². The molecule has 2 unspecified atom stereocenters. The molecule has 3 aliphatic heterocycles. The summed E-state index contributed by atoms with van der Waals surface area (Å²) < 4.78 is 171. The van der Waals surface area contributed by atoms with Gasteiger partial charge in [-0.25, -0.2) is 61.0 Å². The second kappa shape index (κ2) is 31.7. The van der Waals surface area contributed by atoms with Gasteiger partial charge in [-0.1, -0.05) is 24.3 Å². The maximum Gasteiger partial charge on any atom is 0.262 e. The minimum atomic E-state index is -4.22. The zero-order chi connectivity index (χ0) is 70.6. The Labute approximate surface area is 575 Å². The van der Waals surface area contributed by atoms with E-state index in [0.29, 0.717) is 60.3 Å². The number of sulfonamides is 2. The Hall–Kier alpha value is -10.4. The average molecular weight is 1440 g/mol. The van der Waals surface area contributed by atoms with Gasteiger partial charge in [0.15, 0.2) is 12.5 Å². The Kier molecular flexibility index (Phi) is 22.5. The van der Waals surface area contributed by atoms with E-state index in [4.69, 9.17) is 36.1 Å². The second-order valence-electron chi connectivity index (χ2n) is 22.6. The highest BCUT2D eigenvalue weighted by molar-refractivity contribution is 8.13. The zero-order valence-corrected chi connectivity index (χ0v) is 55.8. The number of halogens is 7. The molecule has 0 radical (unpaired) electrons. The first kappa shape index (κ1) is 70.9. The SMILES string of the molecule is Nc1ccc2c(c1)c(/C=C/c1ccccn1)nn2C1CCCCO1.O=S(=O)(Cl)c1cc(F)cc(F)c1.O=S(=O)(Nc1ccc2c(c1)C(/C=C/c1ccccn1)=NC2)c1cc(F)cc(F)c1.O=S(=O)(Nc1ccc2c(c1)c(/C=C/c1ccccn1)nn2C1CCCCO1)c1cc(F)cc(F)c1. The van der Waals surface area contributed by atoms with Crippen molar-refractivity contribution in [2.45, 2.75) is 72.2 Å². The molecule has 2 fully saturated rings. The van der Waals surface area contributed by atoms with E-state index in [9.17, 15) is 51.6 Å². The summed E-state index contributed by atoms with van der Waals surface area (Å²) in [6.45, 7) is 1.92. The lowest BCUT2D eigenvalue weighted by molar-refractivity contribution is -0.0368. The molecule has 14 rings (SSSR count). The molecule has 0 saturated carbocycles. The molecular formula is C71H60ClF6N11O8S3. The van der Waals surface area contributed by atoms with Crippen LogP contribution in [0.4, 0.5) is 43.4 Å². The van der Waals surface area contributed by atoms with Gasteiger partial charge in [0.05, 0.1) is 66.4 Å². The standard InChI is InChI=1S/C25H22F2N4O3S.C21H15F2N3O2S.C19H20N4O.C6H3ClF2O2S/c26-17-13-18(27)15-21(14-17)35(32,33)30-20-8-10-24-22(16-20)23(9-7-19-5-1-3-11-28-19)29-31(24)25-6-2-4-12-34-25;22-15-9-16(23)11-19(10-15)29(27,28)26-18-5-4-14-13-25-21(20(14)12-18)7-6-17-3-1-2-8-24-17;20-14-7-10-18-16(13-14)17(9-8-15-5-1-3-11-21-15)22-23(18)19-6-2-4-12-24-19;7-12(10,11)6-2-4(8)1-5(9)3-6/h1,3,5,7-11,13-16,25,30H,2,4,6,12H2;1-12,26H,13H2;1,3,5,7-11,13,19H,2,4,6,12,20H2;1-3H/b9-7+;7-6+;9-8+;. The van der Waals surface area contributed by atoms with Crippen molar-refractivity contribution in [3.63, 3.8) is 0 Å². The minimum absolute atomic E-state index is 0.00174. The Morgan fingerprint density at radius 1 is 0.470 bits per heavy atom. The molecule has 100 heavy (non-hydrogen) atoms. The van der Waals surface area contributed by atoms with Gasteiger partial charge < -0.3 is 15.2 Å². The predicted octanol–water partition coefficient (Wildman–Crippen LogP) is 15.3. The van der Waals surface area contributed by atoms with Crippen molar-refractivity contribution in [2.24, 2.45) is 4.99 Å². The highest BCUT2D eigenvalue weighted by atomic mass is 35.7. The fourth-order valence-corrected chi connectivity index (χ4v) is 13.7. The van der Waals surface area contributed by atoms with Crippen LogP contribution in [0.2, 0.25) is 0 Å². The van der Waals surface area contributed by atoms with Crippen molar-refractivity contribution in [2.75, 3.05) is 28.4 Å². The Morgan fingerprint density at radius 3 is 1.32 bits per heavy atom. The largest absolute Gasteiger partial charge is 0.399 e. The Morgan fingerprint density at radius 2 is 0.890 bits per heavy atom. The number of aromatic nitrogens is 7. The molecule has 29 heteroatoms. The van der Waals surface area contributed by atoms with E-state index < -0.39 is 78.7 Å². The highest BCUT2D eigenvalue weighted by Gasteiger charge is 2.25. The number of nitrogen functional groups attached to an aromatic ring is 1. The number of aliphatic imine (C=N–C) groups is 1. The summed E-state index contributed by atoms with van der Waals surface area (Å²) in [5, 5.41) is 11.3. The number of nitrogens with zero attached hydrogens (tertiary/aromatic N) is 8. The topological polar surface area (TPSA) is 258 Å². The number of nitrogens with two attached hydrogens (primary N) is 1. The van der Waals surface area contributed by atoms with Gasteiger partial charge in [0.25, 0.3) is 29.1 Å². The highest BCUT2D eigenvalue weighted by Crippen LogP contribution is 2.34. The van der Waals surface area contributed by atoms with Crippen molar-refractivity contribution < 1.29 is 61.1 Å². The predicted molar refractivity (Wildman–Crippen MR) is 372 cm³/mol. The lowest BCUT2D eigenvalue weighted by Crippen LogP contribution is -2.19. The zero-order valence-electron chi connectivity index (χ0n) is 52.6. The van der Waals surface area contributed by atoms with Crippen LogP contribution in [-0.4, -0.2) is 78.7 Å². The van der Waals surface area contributed by atoms with Crippen molar-refractivity contribution in [1.82, 2.24) is 34.5 Å². The number of pyridine rings is 3. The summed E-state index contributed by atoms with van der Waals surface area (Å²) in [6.07, 6.45) is 22.3. The van der Waals surface area contributed by atoms with E-state index in [2.05, 4.69) is 29.4 Å². The maximum absolute atomic E-state index is 13.6. The average Bonchev–Trinajstić information content (AvgIpc) is 1.56. The fourth-order valence-electron chi connectivity index (χ4n) is 10.7. The molecule has 19 nitrogen and oxygen atoms in total. The molecule has 3 aliphatic rings. The normalized spacial score (nSPS) is 15.5. The first-order valence-corrected chi connectivity index (χ1v) is 36.1. The molecule has 0 bridgehead atoms. The summed E-state index contributed by atoms with van der Waals surface area (Å²) in [5.74, 6) is -5.83. The molecule has 8 heterocycles. The van der Waals surface area contributed by atoms with Gasteiger partial charge in [-0.05, 0) is 202 Å². The monoisotopic (exact) mass is 1440 g/mol. The molecule has 5 aromatic heterocycles. The molecule has 0 amide bonds. The van der Waals surface area contributed by atoms with E-state index in [1.54, 1.807) is 55.0 Å². The van der Waals surface area contributed by atoms with Crippen LogP contribution in [0.5, 0.6) is 0 Å². The van der Waals surface area contributed by atoms with Crippen LogP contribution in [0.15, 0.2) is 208 Å². The summed E-state index contributed by atoms with van der Waals surface area (Å²) in [6, 6.07) is 39.0. The molecule has 6 aromatic carbocycles. The number of benzene rings is 6. The molecule has 514 valence electrons. The number of hydrogen-bond acceptors (Lipinski definition) is 15. The van der Waals surface area contributed by atoms with E-state index >= 15 is 0 Å². The number of hydrogen-bond donors (Lipinski definition) is 3. The van der Waals surface area contributed by atoms with Crippen LogP contribution in [0.3, 0.4) is 0 Å².